The number of benzene rings is 2. The number of nitrogens with one attached hydrogen (secondary N) is 1. The summed E-state index contributed by atoms with van der Waals surface area (Å²) in [6.45, 7) is 3.85. The fourth-order valence-electron chi connectivity index (χ4n) is 2.67. The Morgan fingerprint density at radius 1 is 1.17 bits per heavy atom. The van der Waals surface area contributed by atoms with E-state index >= 15 is 0 Å². The molecule has 4 heteroatoms. The number of methoxy groups -OCH3 is 1. The summed E-state index contributed by atoms with van der Waals surface area (Å²) < 4.78 is 5.22. The van der Waals surface area contributed by atoms with Crippen LogP contribution in [0.3, 0.4) is 0 Å². The number of rotatable bonds is 8. The zero-order valence-corrected chi connectivity index (χ0v) is 14.7. The van der Waals surface area contributed by atoms with Crippen molar-refractivity contribution in [2.24, 2.45) is 0 Å². The number of carbonyl (C=O) groups is 1. The molecule has 0 aliphatic heterocycles. The molecule has 0 spiro atoms. The molecule has 0 fully saturated rings. The van der Waals surface area contributed by atoms with Crippen molar-refractivity contribution in [3.05, 3.63) is 65.2 Å². The number of ether oxygens (including phenoxy) is 1. The quantitative estimate of drug-likeness (QED) is 0.811. The van der Waals surface area contributed by atoms with Gasteiger partial charge in [-0.2, -0.15) is 0 Å². The number of amides is 1. The maximum atomic E-state index is 12.1. The van der Waals surface area contributed by atoms with Gasteiger partial charge < -0.3 is 10.1 Å². The first-order valence-electron chi connectivity index (χ1n) is 8.21. The van der Waals surface area contributed by atoms with Gasteiger partial charge in [-0.1, -0.05) is 36.4 Å². The molecule has 2 rings (SSSR count). The molecule has 0 aliphatic rings. The van der Waals surface area contributed by atoms with Crippen molar-refractivity contribution in [3.63, 3.8) is 0 Å². The van der Waals surface area contributed by atoms with Crippen molar-refractivity contribution in [3.8, 4) is 5.75 Å². The zero-order valence-electron chi connectivity index (χ0n) is 14.7. The summed E-state index contributed by atoms with van der Waals surface area (Å²) in [6, 6.07) is 16.2. The third-order valence-corrected chi connectivity index (χ3v) is 3.98. The highest BCUT2D eigenvalue weighted by atomic mass is 16.5. The van der Waals surface area contributed by atoms with Crippen LogP contribution < -0.4 is 10.1 Å². The van der Waals surface area contributed by atoms with E-state index in [1.54, 1.807) is 7.11 Å². The molecule has 0 aliphatic carbocycles. The summed E-state index contributed by atoms with van der Waals surface area (Å²) in [4.78, 5) is 14.1. The van der Waals surface area contributed by atoms with Gasteiger partial charge in [0.2, 0.25) is 5.91 Å². The molecule has 2 aromatic carbocycles. The Balaban J connectivity index is 1.74. The maximum Gasteiger partial charge on any atom is 0.234 e. The molecule has 24 heavy (non-hydrogen) atoms. The highest BCUT2D eigenvalue weighted by Crippen LogP contribution is 2.13. The lowest BCUT2D eigenvalue weighted by Crippen LogP contribution is -2.35. The molecule has 128 valence electrons. The summed E-state index contributed by atoms with van der Waals surface area (Å²) in [7, 11) is 3.60. The molecule has 0 atom stereocenters. The Bertz CT molecular complexity index is 670. The van der Waals surface area contributed by atoms with E-state index in [9.17, 15) is 4.79 Å². The van der Waals surface area contributed by atoms with Crippen LogP contribution in [0.15, 0.2) is 48.5 Å². The minimum absolute atomic E-state index is 0.0500. The van der Waals surface area contributed by atoms with Crippen molar-refractivity contribution >= 4 is 5.91 Å². The lowest BCUT2D eigenvalue weighted by Gasteiger charge is -2.17. The summed E-state index contributed by atoms with van der Waals surface area (Å²) in [6.07, 6.45) is 0.859. The Morgan fingerprint density at radius 3 is 2.71 bits per heavy atom. The van der Waals surface area contributed by atoms with Gasteiger partial charge in [0.05, 0.1) is 13.7 Å². The van der Waals surface area contributed by atoms with Crippen molar-refractivity contribution in [1.82, 2.24) is 10.2 Å². The normalized spacial score (nSPS) is 10.7. The second-order valence-corrected chi connectivity index (χ2v) is 6.05. The molecular formula is C20H26N2O2. The van der Waals surface area contributed by atoms with E-state index in [1.165, 1.54) is 11.1 Å². The average molecular weight is 326 g/mol. The number of hydrogen-bond acceptors (Lipinski definition) is 3. The van der Waals surface area contributed by atoms with Gasteiger partial charge in [-0.3, -0.25) is 9.69 Å². The van der Waals surface area contributed by atoms with E-state index in [1.807, 2.05) is 48.3 Å². The standard InChI is InChI=1S/C20H26N2O2/c1-16-7-4-5-9-18(16)11-12-21-20(23)15-22(2)14-17-8-6-10-19(13-17)24-3/h4-10,13H,11-12,14-15H2,1-3H3,(H,21,23). The van der Waals surface area contributed by atoms with E-state index in [0.29, 0.717) is 19.6 Å². The predicted molar refractivity (Wildman–Crippen MR) is 97.2 cm³/mol. The number of hydrogen-bond donors (Lipinski definition) is 1. The van der Waals surface area contributed by atoms with Crippen molar-refractivity contribution in [1.29, 1.82) is 0 Å². The topological polar surface area (TPSA) is 41.6 Å². The van der Waals surface area contributed by atoms with E-state index in [0.717, 1.165) is 17.7 Å². The van der Waals surface area contributed by atoms with E-state index in [-0.39, 0.29) is 5.91 Å². The molecular weight excluding hydrogens is 300 g/mol. The molecule has 2 aromatic rings. The van der Waals surface area contributed by atoms with Gasteiger partial charge in [0.1, 0.15) is 5.75 Å². The van der Waals surface area contributed by atoms with Gasteiger partial charge in [0.25, 0.3) is 0 Å². The average Bonchev–Trinajstić information content (AvgIpc) is 2.56. The van der Waals surface area contributed by atoms with Gasteiger partial charge in [-0.15, -0.1) is 0 Å². The minimum Gasteiger partial charge on any atom is -0.497 e. The van der Waals surface area contributed by atoms with Crippen molar-refractivity contribution in [2.45, 2.75) is 19.9 Å². The maximum absolute atomic E-state index is 12.1. The third-order valence-electron chi connectivity index (χ3n) is 3.98. The lowest BCUT2D eigenvalue weighted by atomic mass is 10.1. The van der Waals surface area contributed by atoms with Crippen LogP contribution in [0.1, 0.15) is 16.7 Å². The van der Waals surface area contributed by atoms with E-state index in [2.05, 4.69) is 24.4 Å². The Kier molecular flexibility index (Phi) is 6.82. The van der Waals surface area contributed by atoms with Gasteiger partial charge >= 0.3 is 0 Å². The monoisotopic (exact) mass is 326 g/mol. The molecule has 0 aromatic heterocycles. The van der Waals surface area contributed by atoms with Crippen LogP contribution in [0.25, 0.3) is 0 Å². The van der Waals surface area contributed by atoms with Crippen LogP contribution in [0, 0.1) is 6.92 Å². The minimum atomic E-state index is 0.0500. The van der Waals surface area contributed by atoms with Crippen LogP contribution in [0.4, 0.5) is 0 Å². The van der Waals surface area contributed by atoms with Crippen LogP contribution >= 0.6 is 0 Å². The highest BCUT2D eigenvalue weighted by Gasteiger charge is 2.07. The van der Waals surface area contributed by atoms with E-state index < -0.39 is 0 Å². The first kappa shape index (κ1) is 18.0. The van der Waals surface area contributed by atoms with Crippen LogP contribution in [0.2, 0.25) is 0 Å². The lowest BCUT2D eigenvalue weighted by molar-refractivity contribution is -0.122. The van der Waals surface area contributed by atoms with Crippen LogP contribution in [-0.2, 0) is 17.8 Å². The smallest absolute Gasteiger partial charge is 0.234 e. The molecule has 1 amide bonds. The molecule has 0 radical (unpaired) electrons. The fourth-order valence-corrected chi connectivity index (χ4v) is 2.67. The predicted octanol–water partition coefficient (Wildman–Crippen LogP) is 2.79. The SMILES string of the molecule is COc1cccc(CN(C)CC(=O)NCCc2ccccc2C)c1. The van der Waals surface area contributed by atoms with Gasteiger partial charge in [0, 0.05) is 13.1 Å². The van der Waals surface area contributed by atoms with E-state index in [4.69, 9.17) is 4.74 Å². The highest BCUT2D eigenvalue weighted by molar-refractivity contribution is 5.77. The van der Waals surface area contributed by atoms with Crippen molar-refractivity contribution in [2.75, 3.05) is 27.2 Å². The Morgan fingerprint density at radius 2 is 1.96 bits per heavy atom. The second-order valence-electron chi connectivity index (χ2n) is 6.05. The molecule has 0 saturated carbocycles. The summed E-state index contributed by atoms with van der Waals surface area (Å²) in [5, 5.41) is 2.99. The third kappa shape index (κ3) is 5.70. The Labute approximate surface area is 144 Å². The van der Waals surface area contributed by atoms with Crippen LogP contribution in [-0.4, -0.2) is 38.1 Å². The molecule has 1 N–H and O–H groups in total. The molecule has 0 unspecified atom stereocenters. The van der Waals surface area contributed by atoms with Gasteiger partial charge in [-0.05, 0) is 49.2 Å². The zero-order chi connectivity index (χ0) is 17.4. The number of aryl methyl sites for hydroxylation is 1. The van der Waals surface area contributed by atoms with Gasteiger partial charge in [0.15, 0.2) is 0 Å². The first-order valence-corrected chi connectivity index (χ1v) is 8.21. The van der Waals surface area contributed by atoms with Crippen LogP contribution in [0.5, 0.6) is 5.75 Å². The summed E-state index contributed by atoms with van der Waals surface area (Å²) >= 11 is 0. The van der Waals surface area contributed by atoms with Crippen molar-refractivity contribution < 1.29 is 9.53 Å². The molecule has 4 nitrogen and oxygen atoms in total. The fraction of sp³-hybridized carbons (Fsp3) is 0.350. The molecule has 0 bridgehead atoms. The Hall–Kier alpha value is -2.33. The van der Waals surface area contributed by atoms with Gasteiger partial charge in [-0.25, -0.2) is 0 Å². The number of likely N-dealkylation sites (N-methyl/N-ethyl adjacent to an activating group) is 1. The summed E-state index contributed by atoms with van der Waals surface area (Å²) in [5.74, 6) is 0.887. The molecule has 0 heterocycles. The second kappa shape index (κ2) is 9.08. The largest absolute Gasteiger partial charge is 0.497 e. The first-order chi connectivity index (χ1) is 11.6. The summed E-state index contributed by atoms with van der Waals surface area (Å²) in [5.41, 5.74) is 3.67. The molecule has 0 saturated heterocycles. The number of nitrogens with zero attached hydrogens (tertiary/aromatic N) is 1. The number of carbonyl (C=O) groups excluding carboxylic acids is 1.